The molecule has 0 nitrogen and oxygen atoms in total. The van der Waals surface area contributed by atoms with Gasteiger partial charge in [-0.25, -0.2) is 0 Å². The Morgan fingerprint density at radius 2 is 2.00 bits per heavy atom. The van der Waals surface area contributed by atoms with Crippen molar-refractivity contribution in [2.75, 3.05) is 0 Å². The van der Waals surface area contributed by atoms with E-state index in [1.165, 1.54) is 51.4 Å². The topological polar surface area (TPSA) is 0 Å². The lowest BCUT2D eigenvalue weighted by Gasteiger charge is -2.20. The van der Waals surface area contributed by atoms with Crippen LogP contribution in [-0.2, 0) is 0 Å². The van der Waals surface area contributed by atoms with E-state index in [1.54, 1.807) is 5.57 Å². The van der Waals surface area contributed by atoms with E-state index >= 15 is 0 Å². The van der Waals surface area contributed by atoms with Crippen molar-refractivity contribution in [3.05, 3.63) is 23.8 Å². The van der Waals surface area contributed by atoms with Gasteiger partial charge in [-0.1, -0.05) is 56.9 Å². The van der Waals surface area contributed by atoms with Gasteiger partial charge >= 0.3 is 0 Å². The lowest BCUT2D eigenvalue weighted by molar-refractivity contribution is 0.368. The predicted octanol–water partition coefficient (Wildman–Crippen LogP) is 5.51. The molecule has 0 bridgehead atoms. The fourth-order valence-electron chi connectivity index (χ4n) is 3.83. The molecule has 3 unspecified atom stereocenters. The number of rotatable bonds is 2. The van der Waals surface area contributed by atoms with Gasteiger partial charge in [0.25, 0.3) is 0 Å². The van der Waals surface area contributed by atoms with E-state index in [0.29, 0.717) is 0 Å². The summed E-state index contributed by atoms with van der Waals surface area (Å²) in [4.78, 5) is 0. The molecule has 96 valence electrons. The van der Waals surface area contributed by atoms with E-state index in [4.69, 9.17) is 0 Å². The number of hydrogen-bond acceptors (Lipinski definition) is 0. The molecule has 0 heterocycles. The van der Waals surface area contributed by atoms with Crippen LogP contribution in [-0.4, -0.2) is 0 Å². The molecule has 1 fully saturated rings. The van der Waals surface area contributed by atoms with Crippen molar-refractivity contribution in [2.24, 2.45) is 17.8 Å². The highest BCUT2D eigenvalue weighted by Crippen LogP contribution is 2.46. The van der Waals surface area contributed by atoms with Crippen LogP contribution in [0, 0.1) is 17.8 Å². The Labute approximate surface area is 107 Å². The molecule has 0 aromatic heterocycles. The van der Waals surface area contributed by atoms with Crippen LogP contribution in [0.5, 0.6) is 0 Å². The van der Waals surface area contributed by atoms with Crippen molar-refractivity contribution < 1.29 is 0 Å². The van der Waals surface area contributed by atoms with Crippen molar-refractivity contribution >= 4 is 0 Å². The van der Waals surface area contributed by atoms with E-state index in [0.717, 1.165) is 17.8 Å². The minimum atomic E-state index is 0.883. The molecule has 3 atom stereocenters. The molecule has 0 heteroatoms. The second-order valence-corrected chi connectivity index (χ2v) is 5.85. The average Bonchev–Trinajstić information content (AvgIpc) is 2.71. The molecule has 0 amide bonds. The smallest absolute Gasteiger partial charge is 0.0169 e. The van der Waals surface area contributed by atoms with Crippen LogP contribution < -0.4 is 0 Å². The van der Waals surface area contributed by atoms with E-state index in [9.17, 15) is 0 Å². The highest BCUT2D eigenvalue weighted by molar-refractivity contribution is 5.23. The largest absolute Gasteiger partial charge is 0.0845 e. The Balaban J connectivity index is 2.19. The molecule has 1 saturated carbocycles. The highest BCUT2D eigenvalue weighted by Gasteiger charge is 2.35. The second kappa shape index (κ2) is 6.42. The minimum Gasteiger partial charge on any atom is -0.0845 e. The van der Waals surface area contributed by atoms with E-state index < -0.39 is 0 Å². The maximum absolute atomic E-state index is 2.47. The monoisotopic (exact) mass is 232 g/mol. The van der Waals surface area contributed by atoms with Crippen LogP contribution in [0.15, 0.2) is 23.8 Å². The van der Waals surface area contributed by atoms with Crippen LogP contribution in [0.25, 0.3) is 0 Å². The molecule has 2 aliphatic carbocycles. The third-order valence-electron chi connectivity index (χ3n) is 4.88. The van der Waals surface area contributed by atoms with Crippen molar-refractivity contribution in [1.82, 2.24) is 0 Å². The van der Waals surface area contributed by atoms with Gasteiger partial charge in [0.05, 0.1) is 0 Å². The van der Waals surface area contributed by atoms with Crippen LogP contribution in [0.2, 0.25) is 0 Å². The van der Waals surface area contributed by atoms with Crippen molar-refractivity contribution in [1.29, 1.82) is 0 Å². The molecule has 17 heavy (non-hydrogen) atoms. The summed E-state index contributed by atoms with van der Waals surface area (Å²) >= 11 is 0. The molecule has 0 radical (unpaired) electrons. The molecule has 0 N–H and O–H groups in total. The minimum absolute atomic E-state index is 0.883. The molecule has 0 aromatic carbocycles. The number of hydrogen-bond donors (Lipinski definition) is 0. The fraction of sp³-hybridized carbons (Fsp3) is 0.765. The van der Waals surface area contributed by atoms with Gasteiger partial charge in [0.15, 0.2) is 0 Å². The summed E-state index contributed by atoms with van der Waals surface area (Å²) < 4.78 is 0. The summed E-state index contributed by atoms with van der Waals surface area (Å²) in [7, 11) is 0. The quantitative estimate of drug-likeness (QED) is 0.589. The molecular weight excluding hydrogens is 204 g/mol. The molecule has 0 aliphatic heterocycles. The molecule has 0 saturated heterocycles. The van der Waals surface area contributed by atoms with Crippen LogP contribution in [0.1, 0.15) is 65.2 Å². The first-order valence-corrected chi connectivity index (χ1v) is 7.73. The zero-order valence-corrected chi connectivity index (χ0v) is 11.6. The standard InChI is InChI=1S/C17H28/c1-3-14-13-15(4-2)17-12-10-8-6-5-7-9-11-16(14)17/h7,9,11,14-15,17H,3-6,8,10,12-13H2,1-2H3/b9-7+,16-11?. The van der Waals surface area contributed by atoms with E-state index in [-0.39, 0.29) is 0 Å². The van der Waals surface area contributed by atoms with Crippen LogP contribution in [0.3, 0.4) is 0 Å². The third-order valence-corrected chi connectivity index (χ3v) is 4.88. The summed E-state index contributed by atoms with van der Waals surface area (Å²) in [5.41, 5.74) is 1.79. The molecular formula is C17H28. The average molecular weight is 232 g/mol. The van der Waals surface area contributed by atoms with Gasteiger partial charge in [0.2, 0.25) is 0 Å². The van der Waals surface area contributed by atoms with Crippen molar-refractivity contribution in [3.63, 3.8) is 0 Å². The second-order valence-electron chi connectivity index (χ2n) is 5.85. The predicted molar refractivity (Wildman–Crippen MR) is 76.0 cm³/mol. The first-order chi connectivity index (χ1) is 8.36. The highest BCUT2D eigenvalue weighted by atomic mass is 14.4. The SMILES string of the molecule is CCC1CC(CC)C2CCCCC/C=C/C=C12. The number of allylic oxidation sites excluding steroid dienone is 4. The van der Waals surface area contributed by atoms with Gasteiger partial charge in [-0.15, -0.1) is 0 Å². The van der Waals surface area contributed by atoms with E-state index in [1.807, 2.05) is 0 Å². The Morgan fingerprint density at radius 1 is 1.12 bits per heavy atom. The molecule has 0 spiro atoms. The Kier molecular flexibility index (Phi) is 4.88. The van der Waals surface area contributed by atoms with Crippen LogP contribution >= 0.6 is 0 Å². The zero-order valence-electron chi connectivity index (χ0n) is 11.6. The van der Waals surface area contributed by atoms with Gasteiger partial charge in [-0.05, 0) is 49.9 Å². The Hall–Kier alpha value is -0.520. The van der Waals surface area contributed by atoms with Gasteiger partial charge in [-0.3, -0.25) is 0 Å². The number of fused-ring (bicyclic) bond motifs is 1. The summed E-state index contributed by atoms with van der Waals surface area (Å²) in [6, 6.07) is 0. The lowest BCUT2D eigenvalue weighted by Crippen LogP contribution is -2.09. The summed E-state index contributed by atoms with van der Waals surface area (Å²) in [6.45, 7) is 4.75. The molecule has 2 aliphatic rings. The third kappa shape index (κ3) is 3.03. The molecule has 2 rings (SSSR count). The van der Waals surface area contributed by atoms with E-state index in [2.05, 4.69) is 32.1 Å². The summed E-state index contributed by atoms with van der Waals surface area (Å²) in [6.07, 6.45) is 18.4. The van der Waals surface area contributed by atoms with Gasteiger partial charge in [-0.2, -0.15) is 0 Å². The molecule has 0 aromatic rings. The van der Waals surface area contributed by atoms with Gasteiger partial charge < -0.3 is 0 Å². The normalized spacial score (nSPS) is 36.1. The maximum Gasteiger partial charge on any atom is -0.0169 e. The maximum atomic E-state index is 2.47. The zero-order chi connectivity index (χ0) is 12.1. The summed E-state index contributed by atoms with van der Waals surface area (Å²) in [5, 5.41) is 0. The first kappa shape index (κ1) is 12.9. The van der Waals surface area contributed by atoms with Gasteiger partial charge in [0, 0.05) is 0 Å². The lowest BCUT2D eigenvalue weighted by atomic mass is 9.85. The van der Waals surface area contributed by atoms with Crippen LogP contribution in [0.4, 0.5) is 0 Å². The fourth-order valence-corrected chi connectivity index (χ4v) is 3.83. The Bertz CT molecular complexity index is 284. The van der Waals surface area contributed by atoms with Gasteiger partial charge in [0.1, 0.15) is 0 Å². The van der Waals surface area contributed by atoms with Crippen molar-refractivity contribution in [3.8, 4) is 0 Å². The summed E-state index contributed by atoms with van der Waals surface area (Å²) in [5.74, 6) is 2.76. The first-order valence-electron chi connectivity index (χ1n) is 7.73. The van der Waals surface area contributed by atoms with Crippen molar-refractivity contribution in [2.45, 2.75) is 65.2 Å². The Morgan fingerprint density at radius 3 is 2.76 bits per heavy atom.